The quantitative estimate of drug-likeness (QED) is 0.154. The van der Waals surface area contributed by atoms with Crippen molar-refractivity contribution in [1.82, 2.24) is 29.9 Å². The number of H-pyrrole nitrogens is 1. The van der Waals surface area contributed by atoms with Crippen molar-refractivity contribution in [3.8, 4) is 11.5 Å². The summed E-state index contributed by atoms with van der Waals surface area (Å²) in [6.07, 6.45) is 7.04. The molecule has 1 aromatic carbocycles. The molecule has 0 aliphatic heterocycles. The van der Waals surface area contributed by atoms with Crippen molar-refractivity contribution in [2.45, 2.75) is 18.3 Å². The van der Waals surface area contributed by atoms with E-state index in [4.69, 9.17) is 9.47 Å². The van der Waals surface area contributed by atoms with Gasteiger partial charge in [-0.3, -0.25) is 4.79 Å². The molecule has 180 valence electrons. The second-order valence-electron chi connectivity index (χ2n) is 6.93. The van der Waals surface area contributed by atoms with Gasteiger partial charge in [0.25, 0.3) is 0 Å². The van der Waals surface area contributed by atoms with Gasteiger partial charge in [-0.15, -0.1) is 5.10 Å². The largest absolute Gasteiger partial charge is 0.493 e. The minimum absolute atomic E-state index is 0.123. The lowest BCUT2D eigenvalue weighted by Gasteiger charge is -2.11. The van der Waals surface area contributed by atoms with Crippen molar-refractivity contribution in [3.63, 3.8) is 0 Å². The minimum Gasteiger partial charge on any atom is -0.493 e. The van der Waals surface area contributed by atoms with Gasteiger partial charge in [0.05, 0.1) is 13.3 Å². The third-order valence-corrected chi connectivity index (χ3v) is 5.29. The molecule has 0 bridgehead atoms. The van der Waals surface area contributed by atoms with Crippen LogP contribution in [0.1, 0.15) is 12.0 Å². The molecule has 0 spiro atoms. The van der Waals surface area contributed by atoms with E-state index >= 15 is 0 Å². The maximum absolute atomic E-state index is 12.0. The number of methoxy groups -OCH3 is 1. The number of hydrogen-bond acceptors (Lipinski definition) is 10. The molecule has 3 aromatic heterocycles. The Morgan fingerprint density at radius 3 is 2.97 bits per heavy atom. The zero-order valence-electron chi connectivity index (χ0n) is 18.8. The van der Waals surface area contributed by atoms with Gasteiger partial charge >= 0.3 is 0 Å². The number of pyridine rings is 1. The number of rotatable bonds is 12. The highest BCUT2D eigenvalue weighted by molar-refractivity contribution is 7.99. The number of thioether (sulfide) groups is 1. The van der Waals surface area contributed by atoms with Crippen LogP contribution in [-0.2, 0) is 11.5 Å². The predicted octanol–water partition coefficient (Wildman–Crippen LogP) is 3.01. The number of nitrogens with one attached hydrogen (secondary N) is 3. The monoisotopic (exact) mass is 493 g/mol. The Balaban J connectivity index is 1.24. The van der Waals surface area contributed by atoms with E-state index in [2.05, 4.69) is 41.1 Å². The molecule has 0 fully saturated rings. The lowest BCUT2D eigenvalue weighted by molar-refractivity contribution is -0.115. The average Bonchev–Trinajstić information content (AvgIpc) is 3.56. The minimum atomic E-state index is -0.123. The van der Waals surface area contributed by atoms with Crippen LogP contribution in [0.25, 0.3) is 0 Å². The zero-order chi connectivity index (χ0) is 24.3. The Morgan fingerprint density at radius 2 is 2.17 bits per heavy atom. The Morgan fingerprint density at radius 1 is 1.23 bits per heavy atom. The number of benzene rings is 1. The van der Waals surface area contributed by atoms with Gasteiger partial charge in [-0.2, -0.15) is 15.2 Å². The molecule has 13 heteroatoms. The first kappa shape index (κ1) is 23.8. The van der Waals surface area contributed by atoms with E-state index in [1.807, 2.05) is 30.5 Å². The smallest absolute Gasteiger partial charge is 0.240 e. The molecular weight excluding hydrogens is 470 g/mol. The molecule has 0 aliphatic rings. The standard InChI is InChI=1S/C22H23N9O3S/c1-33-17-7-6-16(13-18(17)34-15-31-11-4-10-25-31)14-24-28-21-27-22(30-29-21)35-12-8-20(32)26-19-5-2-3-9-23-19/h2-7,9-11,13-14H,8,12,15H2,1H3,(H,23,26,32)(H2,27,28,29,30)/b24-14+. The van der Waals surface area contributed by atoms with Gasteiger partial charge < -0.3 is 14.8 Å². The predicted molar refractivity (Wildman–Crippen MR) is 132 cm³/mol. The number of anilines is 2. The van der Waals surface area contributed by atoms with E-state index in [1.54, 1.807) is 48.6 Å². The van der Waals surface area contributed by atoms with Gasteiger partial charge in [0.2, 0.25) is 17.0 Å². The summed E-state index contributed by atoms with van der Waals surface area (Å²) >= 11 is 1.36. The summed E-state index contributed by atoms with van der Waals surface area (Å²) in [7, 11) is 1.58. The Kier molecular flexibility index (Phi) is 8.27. The molecule has 0 saturated carbocycles. The normalized spacial score (nSPS) is 10.9. The van der Waals surface area contributed by atoms with Crippen LogP contribution in [0.5, 0.6) is 11.5 Å². The van der Waals surface area contributed by atoms with Crippen molar-refractivity contribution < 1.29 is 14.3 Å². The second-order valence-corrected chi connectivity index (χ2v) is 7.99. The van der Waals surface area contributed by atoms with Crippen molar-refractivity contribution in [3.05, 3.63) is 66.6 Å². The van der Waals surface area contributed by atoms with Gasteiger partial charge in [-0.05, 0) is 42.0 Å². The van der Waals surface area contributed by atoms with E-state index in [1.165, 1.54) is 11.8 Å². The molecule has 1 amide bonds. The highest BCUT2D eigenvalue weighted by Gasteiger charge is 2.08. The first-order chi connectivity index (χ1) is 17.2. The van der Waals surface area contributed by atoms with E-state index in [-0.39, 0.29) is 12.6 Å². The topological polar surface area (TPSA) is 144 Å². The molecule has 0 radical (unpaired) electrons. The first-order valence-electron chi connectivity index (χ1n) is 10.5. The Bertz CT molecular complexity index is 1250. The van der Waals surface area contributed by atoms with Crippen molar-refractivity contribution in [2.75, 3.05) is 23.6 Å². The number of aromatic nitrogens is 6. The number of amides is 1. The number of ether oxygens (including phenoxy) is 2. The fourth-order valence-electron chi connectivity index (χ4n) is 2.80. The number of carbonyl (C=O) groups is 1. The third-order valence-electron chi connectivity index (χ3n) is 4.44. The van der Waals surface area contributed by atoms with Crippen molar-refractivity contribution >= 4 is 35.6 Å². The zero-order valence-corrected chi connectivity index (χ0v) is 19.6. The molecule has 0 aliphatic carbocycles. The molecular formula is C22H23N9O3S. The molecule has 0 unspecified atom stereocenters. The molecule has 35 heavy (non-hydrogen) atoms. The Labute approximate surface area is 205 Å². The third kappa shape index (κ3) is 7.30. The summed E-state index contributed by atoms with van der Waals surface area (Å²) < 4.78 is 12.8. The molecule has 3 N–H and O–H groups in total. The van der Waals surface area contributed by atoms with Crippen LogP contribution in [-0.4, -0.2) is 54.9 Å². The number of nitrogens with zero attached hydrogens (tertiary/aromatic N) is 6. The first-order valence-corrected chi connectivity index (χ1v) is 11.5. The van der Waals surface area contributed by atoms with Crippen LogP contribution in [0, 0.1) is 0 Å². The fourth-order valence-corrected chi connectivity index (χ4v) is 3.54. The molecule has 3 heterocycles. The SMILES string of the molecule is COc1ccc(/C=N/Nc2nc(SCCC(=O)Nc3ccccn3)n[nH]2)cc1OCn1cccn1. The summed E-state index contributed by atoms with van der Waals surface area (Å²) in [5.74, 6) is 2.47. The van der Waals surface area contributed by atoms with Crippen LogP contribution in [0.4, 0.5) is 11.8 Å². The van der Waals surface area contributed by atoms with Crippen molar-refractivity contribution in [1.29, 1.82) is 0 Å². The van der Waals surface area contributed by atoms with Crippen LogP contribution in [0.2, 0.25) is 0 Å². The number of hydrazone groups is 1. The summed E-state index contributed by atoms with van der Waals surface area (Å²) in [6, 6.07) is 12.6. The highest BCUT2D eigenvalue weighted by Crippen LogP contribution is 2.28. The molecule has 0 atom stereocenters. The number of aromatic amines is 1. The number of carbonyl (C=O) groups excluding carboxylic acids is 1. The van der Waals surface area contributed by atoms with Crippen LogP contribution >= 0.6 is 11.8 Å². The average molecular weight is 494 g/mol. The van der Waals surface area contributed by atoms with E-state index in [0.29, 0.717) is 40.6 Å². The van der Waals surface area contributed by atoms with Gasteiger partial charge in [-0.1, -0.05) is 17.8 Å². The fraction of sp³-hybridized carbons (Fsp3) is 0.182. The molecule has 12 nitrogen and oxygen atoms in total. The lowest BCUT2D eigenvalue weighted by atomic mass is 10.2. The lowest BCUT2D eigenvalue weighted by Crippen LogP contribution is -2.13. The van der Waals surface area contributed by atoms with Crippen LogP contribution in [0.15, 0.2) is 71.3 Å². The van der Waals surface area contributed by atoms with E-state index in [9.17, 15) is 4.79 Å². The van der Waals surface area contributed by atoms with Crippen molar-refractivity contribution in [2.24, 2.45) is 5.10 Å². The summed E-state index contributed by atoms with van der Waals surface area (Å²) in [5.41, 5.74) is 3.59. The summed E-state index contributed by atoms with van der Waals surface area (Å²) in [6.45, 7) is 0.255. The van der Waals surface area contributed by atoms with Gasteiger partial charge in [0.15, 0.2) is 18.2 Å². The Hall–Kier alpha value is -4.39. The number of hydrogen-bond donors (Lipinski definition) is 3. The summed E-state index contributed by atoms with van der Waals surface area (Å²) in [5, 5.41) is 18.4. The maximum atomic E-state index is 12.0. The molecule has 4 rings (SSSR count). The van der Waals surface area contributed by atoms with Crippen LogP contribution in [0.3, 0.4) is 0 Å². The van der Waals surface area contributed by atoms with Gasteiger partial charge in [0, 0.05) is 30.8 Å². The summed E-state index contributed by atoms with van der Waals surface area (Å²) in [4.78, 5) is 20.3. The van der Waals surface area contributed by atoms with E-state index in [0.717, 1.165) is 5.56 Å². The molecule has 0 saturated heterocycles. The van der Waals surface area contributed by atoms with Gasteiger partial charge in [-0.25, -0.2) is 20.2 Å². The van der Waals surface area contributed by atoms with E-state index < -0.39 is 0 Å². The van der Waals surface area contributed by atoms with Crippen LogP contribution < -0.4 is 20.2 Å². The second kappa shape index (κ2) is 12.2. The highest BCUT2D eigenvalue weighted by atomic mass is 32.2. The molecule has 4 aromatic rings. The maximum Gasteiger partial charge on any atom is 0.240 e. The van der Waals surface area contributed by atoms with Gasteiger partial charge in [0.1, 0.15) is 5.82 Å².